The van der Waals surface area contributed by atoms with Crippen LogP contribution in [0.25, 0.3) is 0 Å². The predicted molar refractivity (Wildman–Crippen MR) is 58.5 cm³/mol. The minimum absolute atomic E-state index is 0.0917. The Labute approximate surface area is 96.8 Å². The summed E-state index contributed by atoms with van der Waals surface area (Å²) < 4.78 is 37.2. The van der Waals surface area contributed by atoms with Crippen molar-refractivity contribution < 1.29 is 18.0 Å². The van der Waals surface area contributed by atoms with Gasteiger partial charge in [-0.3, -0.25) is 4.79 Å². The number of alkyl halides is 3. The maximum absolute atomic E-state index is 12.4. The summed E-state index contributed by atoms with van der Waals surface area (Å²) >= 11 is 0. The molecule has 3 N–H and O–H groups in total. The van der Waals surface area contributed by atoms with Crippen LogP contribution in [0.4, 0.5) is 18.9 Å². The summed E-state index contributed by atoms with van der Waals surface area (Å²) in [6.07, 6.45) is -4.50. The molecule has 0 saturated heterocycles. The highest BCUT2D eigenvalue weighted by Gasteiger charge is 2.33. The van der Waals surface area contributed by atoms with E-state index in [1.165, 1.54) is 0 Å². The second-order valence-corrected chi connectivity index (χ2v) is 3.93. The van der Waals surface area contributed by atoms with Crippen LogP contribution in [0.3, 0.4) is 0 Å². The van der Waals surface area contributed by atoms with E-state index in [1.54, 1.807) is 13.8 Å². The Morgan fingerprint density at radius 1 is 1.35 bits per heavy atom. The maximum Gasteiger partial charge on any atom is 0.418 e. The lowest BCUT2D eigenvalue weighted by atomic mass is 10.1. The highest BCUT2D eigenvalue weighted by Crippen LogP contribution is 2.33. The first-order chi connectivity index (χ1) is 7.71. The predicted octanol–water partition coefficient (Wildman–Crippen LogP) is 2.43. The Balaban J connectivity index is 3.01. The second kappa shape index (κ2) is 4.65. The van der Waals surface area contributed by atoms with Crippen molar-refractivity contribution in [3.8, 4) is 0 Å². The van der Waals surface area contributed by atoms with Gasteiger partial charge in [0.2, 0.25) is 0 Å². The lowest BCUT2D eigenvalue weighted by molar-refractivity contribution is -0.136. The van der Waals surface area contributed by atoms with Crippen molar-refractivity contribution in [1.29, 1.82) is 0 Å². The van der Waals surface area contributed by atoms with Crippen molar-refractivity contribution >= 4 is 11.6 Å². The van der Waals surface area contributed by atoms with Crippen LogP contribution in [-0.2, 0) is 6.18 Å². The van der Waals surface area contributed by atoms with E-state index in [0.29, 0.717) is 0 Å². The van der Waals surface area contributed by atoms with Crippen molar-refractivity contribution in [2.24, 2.45) is 0 Å². The lowest BCUT2D eigenvalue weighted by Gasteiger charge is -2.12. The molecule has 0 aliphatic rings. The Hall–Kier alpha value is -1.72. The van der Waals surface area contributed by atoms with Crippen LogP contribution in [0.15, 0.2) is 18.2 Å². The number of rotatable bonds is 2. The number of carbonyl (C=O) groups excluding carboxylic acids is 1. The zero-order chi connectivity index (χ0) is 13.2. The van der Waals surface area contributed by atoms with Gasteiger partial charge in [-0.25, -0.2) is 0 Å². The number of nitrogens with one attached hydrogen (secondary N) is 1. The number of hydrogen-bond acceptors (Lipinski definition) is 2. The van der Waals surface area contributed by atoms with Crippen molar-refractivity contribution in [3.05, 3.63) is 29.3 Å². The Morgan fingerprint density at radius 3 is 2.35 bits per heavy atom. The van der Waals surface area contributed by atoms with Crippen LogP contribution < -0.4 is 11.1 Å². The van der Waals surface area contributed by atoms with E-state index in [9.17, 15) is 18.0 Å². The van der Waals surface area contributed by atoms with E-state index in [2.05, 4.69) is 5.32 Å². The molecule has 94 valence electrons. The normalized spacial score (nSPS) is 11.6. The number of hydrogen-bond donors (Lipinski definition) is 2. The summed E-state index contributed by atoms with van der Waals surface area (Å²) in [7, 11) is 0. The van der Waals surface area contributed by atoms with E-state index >= 15 is 0 Å². The molecular weight excluding hydrogens is 233 g/mol. The molecule has 0 aromatic heterocycles. The summed E-state index contributed by atoms with van der Waals surface area (Å²) in [5, 5.41) is 2.57. The van der Waals surface area contributed by atoms with Gasteiger partial charge >= 0.3 is 6.18 Å². The Kier molecular flexibility index (Phi) is 3.65. The fourth-order valence-electron chi connectivity index (χ4n) is 1.31. The molecule has 0 radical (unpaired) electrons. The zero-order valence-corrected chi connectivity index (χ0v) is 9.43. The van der Waals surface area contributed by atoms with Crippen molar-refractivity contribution in [3.63, 3.8) is 0 Å². The van der Waals surface area contributed by atoms with Gasteiger partial charge in [0.1, 0.15) is 0 Å². The van der Waals surface area contributed by atoms with Gasteiger partial charge in [0.05, 0.1) is 5.56 Å². The van der Waals surface area contributed by atoms with E-state index in [-0.39, 0.29) is 11.6 Å². The van der Waals surface area contributed by atoms with Gasteiger partial charge in [0.15, 0.2) is 0 Å². The number of amides is 1. The molecule has 1 aromatic rings. The highest BCUT2D eigenvalue weighted by atomic mass is 19.4. The standard InChI is InChI=1S/C11H13F3N2O/c1-6(2)16-10(17)7-3-4-8(9(15)5-7)11(12,13)14/h3-6H,15H2,1-2H3,(H,16,17). The minimum Gasteiger partial charge on any atom is -0.398 e. The summed E-state index contributed by atoms with van der Waals surface area (Å²) in [6.45, 7) is 3.51. The summed E-state index contributed by atoms with van der Waals surface area (Å²) in [4.78, 5) is 11.5. The van der Waals surface area contributed by atoms with Gasteiger partial charge in [-0.2, -0.15) is 13.2 Å². The molecule has 0 aliphatic carbocycles. The summed E-state index contributed by atoms with van der Waals surface area (Å²) in [5.74, 6) is -0.444. The molecule has 0 atom stereocenters. The van der Waals surface area contributed by atoms with Crippen molar-refractivity contribution in [2.45, 2.75) is 26.1 Å². The van der Waals surface area contributed by atoms with E-state index < -0.39 is 23.3 Å². The van der Waals surface area contributed by atoms with Crippen molar-refractivity contribution in [1.82, 2.24) is 5.32 Å². The fourth-order valence-corrected chi connectivity index (χ4v) is 1.31. The molecular formula is C11H13F3N2O. The number of nitrogens with two attached hydrogens (primary N) is 1. The van der Waals surface area contributed by atoms with Gasteiger partial charge in [0, 0.05) is 17.3 Å². The first kappa shape index (κ1) is 13.3. The monoisotopic (exact) mass is 246 g/mol. The largest absolute Gasteiger partial charge is 0.418 e. The number of anilines is 1. The molecule has 1 aromatic carbocycles. The highest BCUT2D eigenvalue weighted by molar-refractivity contribution is 5.95. The molecule has 1 amide bonds. The van der Waals surface area contributed by atoms with Crippen LogP contribution >= 0.6 is 0 Å². The number of halogens is 3. The second-order valence-electron chi connectivity index (χ2n) is 3.93. The Bertz CT molecular complexity index is 427. The molecule has 0 spiro atoms. The molecule has 0 fully saturated rings. The van der Waals surface area contributed by atoms with Gasteiger partial charge < -0.3 is 11.1 Å². The molecule has 6 heteroatoms. The molecule has 0 saturated carbocycles. The molecule has 0 aliphatic heterocycles. The lowest BCUT2D eigenvalue weighted by Crippen LogP contribution is -2.30. The molecule has 3 nitrogen and oxygen atoms in total. The third-order valence-electron chi connectivity index (χ3n) is 2.04. The summed E-state index contributed by atoms with van der Waals surface area (Å²) in [5.41, 5.74) is 4.01. The number of benzene rings is 1. The zero-order valence-electron chi connectivity index (χ0n) is 9.43. The van der Waals surface area contributed by atoms with Gasteiger partial charge in [0.25, 0.3) is 5.91 Å². The van der Waals surface area contributed by atoms with Crippen molar-refractivity contribution in [2.75, 3.05) is 5.73 Å². The minimum atomic E-state index is -4.50. The molecule has 1 rings (SSSR count). The smallest absolute Gasteiger partial charge is 0.398 e. The quantitative estimate of drug-likeness (QED) is 0.787. The first-order valence-electron chi connectivity index (χ1n) is 4.99. The van der Waals surface area contributed by atoms with Crippen LogP contribution in [0.1, 0.15) is 29.8 Å². The maximum atomic E-state index is 12.4. The van der Waals surface area contributed by atoms with Gasteiger partial charge in [-0.1, -0.05) is 0 Å². The molecule has 0 unspecified atom stereocenters. The average molecular weight is 246 g/mol. The van der Waals surface area contributed by atoms with E-state index in [4.69, 9.17) is 5.73 Å². The molecule has 0 heterocycles. The Morgan fingerprint density at radius 2 is 1.94 bits per heavy atom. The topological polar surface area (TPSA) is 55.1 Å². The fraction of sp³-hybridized carbons (Fsp3) is 0.364. The SMILES string of the molecule is CC(C)NC(=O)c1ccc(C(F)(F)F)c(N)c1. The van der Waals surface area contributed by atoms with E-state index in [1.807, 2.05) is 0 Å². The summed E-state index contributed by atoms with van der Waals surface area (Å²) in [6, 6.07) is 2.85. The van der Waals surface area contributed by atoms with Crippen LogP contribution in [0.5, 0.6) is 0 Å². The molecule has 17 heavy (non-hydrogen) atoms. The van der Waals surface area contributed by atoms with Crippen LogP contribution in [-0.4, -0.2) is 11.9 Å². The molecule has 0 bridgehead atoms. The van der Waals surface area contributed by atoms with E-state index in [0.717, 1.165) is 18.2 Å². The number of nitrogen functional groups attached to an aromatic ring is 1. The third kappa shape index (κ3) is 3.37. The van der Waals surface area contributed by atoms with Gasteiger partial charge in [-0.15, -0.1) is 0 Å². The average Bonchev–Trinajstić information content (AvgIpc) is 2.14. The van der Waals surface area contributed by atoms with Crippen LogP contribution in [0, 0.1) is 0 Å². The van der Waals surface area contributed by atoms with Gasteiger partial charge in [-0.05, 0) is 32.0 Å². The third-order valence-corrected chi connectivity index (χ3v) is 2.04. The number of carbonyl (C=O) groups is 1. The van der Waals surface area contributed by atoms with Crippen LogP contribution in [0.2, 0.25) is 0 Å². The first-order valence-corrected chi connectivity index (χ1v) is 4.99.